The van der Waals surface area contributed by atoms with Gasteiger partial charge < -0.3 is 14.3 Å². The van der Waals surface area contributed by atoms with Crippen LogP contribution in [0.15, 0.2) is 64.0 Å². The van der Waals surface area contributed by atoms with Crippen LogP contribution in [0.4, 0.5) is 5.69 Å². The SMILES string of the molecule is COc1cc(Cl)cc(C=Nc2ccc3oc(-c4cccc(I)c4)nc3c2)c1O. The van der Waals surface area contributed by atoms with Gasteiger partial charge in [-0.3, -0.25) is 4.99 Å². The van der Waals surface area contributed by atoms with E-state index in [0.29, 0.717) is 39.0 Å². The number of aromatic hydroxyl groups is 1. The van der Waals surface area contributed by atoms with E-state index in [1.165, 1.54) is 13.3 Å². The number of aromatic nitrogens is 1. The molecule has 0 radical (unpaired) electrons. The van der Waals surface area contributed by atoms with Gasteiger partial charge in [-0.15, -0.1) is 0 Å². The fourth-order valence-corrected chi connectivity index (χ4v) is 3.49. The average Bonchev–Trinajstić information content (AvgIpc) is 3.11. The van der Waals surface area contributed by atoms with Crippen LogP contribution < -0.4 is 4.74 Å². The first-order chi connectivity index (χ1) is 13.5. The normalized spacial score (nSPS) is 11.4. The molecule has 0 atom stereocenters. The van der Waals surface area contributed by atoms with Gasteiger partial charge in [-0.25, -0.2) is 4.98 Å². The van der Waals surface area contributed by atoms with Crippen molar-refractivity contribution in [1.29, 1.82) is 0 Å². The fraction of sp³-hybridized carbons (Fsp3) is 0.0476. The van der Waals surface area contributed by atoms with Crippen molar-refractivity contribution in [2.75, 3.05) is 7.11 Å². The molecule has 4 rings (SSSR count). The van der Waals surface area contributed by atoms with E-state index in [2.05, 4.69) is 32.6 Å². The summed E-state index contributed by atoms with van der Waals surface area (Å²) >= 11 is 8.31. The zero-order valence-corrected chi connectivity index (χ0v) is 17.6. The van der Waals surface area contributed by atoms with Crippen LogP contribution in [0.5, 0.6) is 11.5 Å². The highest BCUT2D eigenvalue weighted by atomic mass is 127. The number of phenols is 1. The molecule has 0 saturated carbocycles. The third-order valence-electron chi connectivity index (χ3n) is 4.08. The minimum absolute atomic E-state index is 0.0147. The summed E-state index contributed by atoms with van der Waals surface area (Å²) in [5, 5.41) is 10.7. The Hall–Kier alpha value is -2.58. The van der Waals surface area contributed by atoms with E-state index in [-0.39, 0.29) is 5.75 Å². The number of halogens is 2. The molecular weight excluding hydrogens is 491 g/mol. The van der Waals surface area contributed by atoms with Gasteiger partial charge in [0.15, 0.2) is 17.1 Å². The lowest BCUT2D eigenvalue weighted by molar-refractivity contribution is 0.373. The second-order valence-corrected chi connectivity index (χ2v) is 7.67. The number of phenolic OH excluding ortho intramolecular Hbond substituents is 1. The maximum atomic E-state index is 10.2. The minimum Gasteiger partial charge on any atom is -0.504 e. The van der Waals surface area contributed by atoms with Crippen molar-refractivity contribution >= 4 is 57.2 Å². The fourth-order valence-electron chi connectivity index (χ4n) is 2.73. The maximum Gasteiger partial charge on any atom is 0.227 e. The van der Waals surface area contributed by atoms with Gasteiger partial charge in [0, 0.05) is 32.0 Å². The molecule has 3 aromatic carbocycles. The molecule has 0 amide bonds. The highest BCUT2D eigenvalue weighted by Gasteiger charge is 2.10. The maximum absolute atomic E-state index is 10.2. The number of ether oxygens (including phenoxy) is 1. The van der Waals surface area contributed by atoms with Crippen LogP contribution in [0.1, 0.15) is 5.56 Å². The van der Waals surface area contributed by atoms with E-state index in [1.54, 1.807) is 12.1 Å². The molecule has 28 heavy (non-hydrogen) atoms. The average molecular weight is 505 g/mol. The largest absolute Gasteiger partial charge is 0.504 e. The smallest absolute Gasteiger partial charge is 0.227 e. The van der Waals surface area contributed by atoms with Crippen molar-refractivity contribution in [2.45, 2.75) is 0 Å². The van der Waals surface area contributed by atoms with Crippen molar-refractivity contribution in [2.24, 2.45) is 4.99 Å². The van der Waals surface area contributed by atoms with Gasteiger partial charge in [-0.05, 0) is 65.1 Å². The topological polar surface area (TPSA) is 67.9 Å². The molecule has 0 unspecified atom stereocenters. The third kappa shape index (κ3) is 3.83. The Morgan fingerprint density at radius 2 is 2.04 bits per heavy atom. The molecule has 0 spiro atoms. The molecule has 0 aliphatic rings. The van der Waals surface area contributed by atoms with Gasteiger partial charge in [-0.2, -0.15) is 0 Å². The van der Waals surface area contributed by atoms with Crippen LogP contribution in [0, 0.1) is 3.57 Å². The van der Waals surface area contributed by atoms with Crippen LogP contribution >= 0.6 is 34.2 Å². The number of benzene rings is 3. The first kappa shape index (κ1) is 18.8. The van der Waals surface area contributed by atoms with E-state index in [1.807, 2.05) is 42.5 Å². The van der Waals surface area contributed by atoms with E-state index < -0.39 is 0 Å². The van der Waals surface area contributed by atoms with E-state index >= 15 is 0 Å². The summed E-state index contributed by atoms with van der Waals surface area (Å²) in [7, 11) is 1.47. The Kier molecular flexibility index (Phi) is 5.23. The van der Waals surface area contributed by atoms with E-state index in [0.717, 1.165) is 9.13 Å². The molecule has 0 saturated heterocycles. The first-order valence-corrected chi connectivity index (χ1v) is 9.76. The Bertz CT molecular complexity index is 1200. The molecule has 0 aliphatic carbocycles. The highest BCUT2D eigenvalue weighted by Crippen LogP contribution is 2.33. The second kappa shape index (κ2) is 7.81. The van der Waals surface area contributed by atoms with Gasteiger partial charge in [-0.1, -0.05) is 17.7 Å². The van der Waals surface area contributed by atoms with E-state index in [4.69, 9.17) is 20.8 Å². The van der Waals surface area contributed by atoms with Crippen molar-refractivity contribution in [3.63, 3.8) is 0 Å². The monoisotopic (exact) mass is 504 g/mol. The number of aliphatic imine (C=N–C) groups is 1. The van der Waals surface area contributed by atoms with Gasteiger partial charge in [0.05, 0.1) is 12.8 Å². The molecule has 7 heteroatoms. The quantitative estimate of drug-likeness (QED) is 0.265. The summed E-state index contributed by atoms with van der Waals surface area (Å²) in [6, 6.07) is 16.6. The van der Waals surface area contributed by atoms with Gasteiger partial charge in [0.1, 0.15) is 5.52 Å². The van der Waals surface area contributed by atoms with Crippen molar-refractivity contribution in [1.82, 2.24) is 4.98 Å². The van der Waals surface area contributed by atoms with Crippen LogP contribution in [-0.2, 0) is 0 Å². The van der Waals surface area contributed by atoms with Gasteiger partial charge in [0.2, 0.25) is 5.89 Å². The number of hydrogen-bond acceptors (Lipinski definition) is 5. The molecule has 140 valence electrons. The van der Waals surface area contributed by atoms with Crippen LogP contribution in [-0.4, -0.2) is 23.4 Å². The highest BCUT2D eigenvalue weighted by molar-refractivity contribution is 14.1. The van der Waals surface area contributed by atoms with Crippen LogP contribution in [0.2, 0.25) is 5.02 Å². The number of oxazole rings is 1. The number of hydrogen-bond donors (Lipinski definition) is 1. The van der Waals surface area contributed by atoms with Crippen molar-refractivity contribution in [3.8, 4) is 23.0 Å². The molecule has 4 aromatic rings. The lowest BCUT2D eigenvalue weighted by atomic mass is 10.2. The molecule has 1 N–H and O–H groups in total. The van der Waals surface area contributed by atoms with Gasteiger partial charge >= 0.3 is 0 Å². The molecule has 1 aromatic heterocycles. The zero-order chi connectivity index (χ0) is 19.7. The number of nitrogens with zero attached hydrogens (tertiary/aromatic N) is 2. The molecule has 0 bridgehead atoms. The van der Waals surface area contributed by atoms with Gasteiger partial charge in [0.25, 0.3) is 0 Å². The third-order valence-corrected chi connectivity index (χ3v) is 4.97. The van der Waals surface area contributed by atoms with Crippen LogP contribution in [0.25, 0.3) is 22.6 Å². The lowest BCUT2D eigenvalue weighted by Gasteiger charge is -2.06. The number of rotatable bonds is 4. The molecule has 5 nitrogen and oxygen atoms in total. The zero-order valence-electron chi connectivity index (χ0n) is 14.7. The predicted molar refractivity (Wildman–Crippen MR) is 119 cm³/mol. The predicted octanol–water partition coefficient (Wildman–Crippen LogP) is 6.22. The molecule has 0 aliphatic heterocycles. The lowest BCUT2D eigenvalue weighted by Crippen LogP contribution is -1.89. The van der Waals surface area contributed by atoms with Crippen LogP contribution in [0.3, 0.4) is 0 Å². The molecular formula is C21H14ClIN2O3. The molecule has 1 heterocycles. The standard InChI is InChI=1S/C21H14ClIN2O3/c1-27-19-9-14(22)7-13(20(19)26)11-24-16-5-6-18-17(10-16)25-21(28-18)12-3-2-4-15(23)8-12/h2-11,26H,1H3. The summed E-state index contributed by atoms with van der Waals surface area (Å²) in [5.74, 6) is 0.842. The minimum atomic E-state index is -0.0147. The summed E-state index contributed by atoms with van der Waals surface area (Å²) in [4.78, 5) is 8.98. The van der Waals surface area contributed by atoms with Crippen molar-refractivity contribution in [3.05, 3.63) is 68.8 Å². The summed E-state index contributed by atoms with van der Waals surface area (Å²) in [6.07, 6.45) is 1.53. The Balaban J connectivity index is 1.67. The summed E-state index contributed by atoms with van der Waals surface area (Å²) < 4.78 is 12.1. The number of methoxy groups -OCH3 is 1. The summed E-state index contributed by atoms with van der Waals surface area (Å²) in [6.45, 7) is 0. The Morgan fingerprint density at radius 3 is 2.82 bits per heavy atom. The number of fused-ring (bicyclic) bond motifs is 1. The Labute approximate surface area is 179 Å². The second-order valence-electron chi connectivity index (χ2n) is 5.99. The first-order valence-electron chi connectivity index (χ1n) is 8.30. The van der Waals surface area contributed by atoms with Crippen molar-refractivity contribution < 1.29 is 14.3 Å². The Morgan fingerprint density at radius 1 is 1.18 bits per heavy atom. The van der Waals surface area contributed by atoms with E-state index in [9.17, 15) is 5.11 Å². The molecule has 0 fully saturated rings. The summed E-state index contributed by atoms with van der Waals surface area (Å²) in [5.41, 5.74) is 3.44.